The Morgan fingerprint density at radius 1 is 1.40 bits per heavy atom. The monoisotopic (exact) mass is 349 g/mol. The number of nitrogens with zero attached hydrogens (tertiary/aromatic N) is 3. The molecule has 0 aliphatic heterocycles. The molecule has 1 aromatic heterocycles. The molecule has 1 aromatic carbocycles. The highest BCUT2D eigenvalue weighted by atomic mass is 19.1. The molecular weight excluding hydrogens is 325 g/mol. The number of nitrogens with one attached hydrogen (secondary N) is 2. The van der Waals surface area contributed by atoms with E-state index < -0.39 is 5.82 Å². The maximum absolute atomic E-state index is 13.7. The van der Waals surface area contributed by atoms with Crippen LogP contribution in [0.3, 0.4) is 0 Å². The first-order valence-corrected chi connectivity index (χ1v) is 7.98. The summed E-state index contributed by atoms with van der Waals surface area (Å²) in [5.41, 5.74) is 1.55. The molecule has 0 bridgehead atoms. The Morgan fingerprint density at radius 2 is 2.20 bits per heavy atom. The zero-order chi connectivity index (χ0) is 18.2. The zero-order valence-corrected chi connectivity index (χ0v) is 14.8. The normalized spacial score (nSPS) is 10.8. The lowest BCUT2D eigenvalue weighted by Gasteiger charge is -2.10. The fourth-order valence-corrected chi connectivity index (χ4v) is 2.19. The third-order valence-corrected chi connectivity index (χ3v) is 3.53. The number of likely N-dealkylation sites (N-methyl/N-ethyl adjacent to an activating group) is 1. The molecule has 136 valence electrons. The van der Waals surface area contributed by atoms with Crippen molar-refractivity contribution in [3.8, 4) is 5.75 Å². The van der Waals surface area contributed by atoms with Gasteiger partial charge in [0, 0.05) is 25.8 Å². The van der Waals surface area contributed by atoms with Gasteiger partial charge < -0.3 is 20.3 Å². The van der Waals surface area contributed by atoms with Crippen LogP contribution in [0, 0.1) is 5.82 Å². The maximum Gasteiger partial charge on any atom is 0.241 e. The van der Waals surface area contributed by atoms with E-state index in [1.165, 1.54) is 13.2 Å². The molecule has 1 amide bonds. The molecule has 0 fully saturated rings. The molecule has 0 saturated heterocycles. The minimum atomic E-state index is -0.396. The third kappa shape index (κ3) is 6.07. The molecule has 0 aliphatic carbocycles. The van der Waals surface area contributed by atoms with Crippen molar-refractivity contribution in [2.75, 3.05) is 39.6 Å². The minimum Gasteiger partial charge on any atom is -0.494 e. The summed E-state index contributed by atoms with van der Waals surface area (Å²) in [6.45, 7) is 1.99. The lowest BCUT2D eigenvalue weighted by atomic mass is 10.2. The molecule has 7 nitrogen and oxygen atoms in total. The lowest BCUT2D eigenvalue weighted by molar-refractivity contribution is -0.121. The van der Waals surface area contributed by atoms with E-state index in [0.29, 0.717) is 13.1 Å². The van der Waals surface area contributed by atoms with Crippen molar-refractivity contribution in [3.63, 3.8) is 0 Å². The van der Waals surface area contributed by atoms with Crippen molar-refractivity contribution in [3.05, 3.63) is 42.0 Å². The van der Waals surface area contributed by atoms with Gasteiger partial charge in [0.05, 0.1) is 19.0 Å². The number of hydrogen-bond donors (Lipinski definition) is 2. The van der Waals surface area contributed by atoms with Crippen molar-refractivity contribution < 1.29 is 13.9 Å². The Balaban J connectivity index is 1.81. The maximum atomic E-state index is 13.7. The second-order valence-corrected chi connectivity index (χ2v) is 5.90. The van der Waals surface area contributed by atoms with Crippen molar-refractivity contribution in [2.45, 2.75) is 13.1 Å². The highest BCUT2D eigenvalue weighted by Crippen LogP contribution is 2.18. The molecule has 8 heteroatoms. The predicted octanol–water partition coefficient (Wildman–Crippen LogP) is 1.32. The largest absolute Gasteiger partial charge is 0.494 e. The Kier molecular flexibility index (Phi) is 6.76. The van der Waals surface area contributed by atoms with Crippen LogP contribution in [0.25, 0.3) is 0 Å². The summed E-state index contributed by atoms with van der Waals surface area (Å²) in [7, 11) is 5.33. The number of halogens is 1. The lowest BCUT2D eigenvalue weighted by Crippen LogP contribution is -2.33. The summed E-state index contributed by atoms with van der Waals surface area (Å²) in [6.07, 6.45) is 3.37. The van der Waals surface area contributed by atoms with Crippen LogP contribution in [0.5, 0.6) is 5.75 Å². The summed E-state index contributed by atoms with van der Waals surface area (Å²) >= 11 is 0. The van der Waals surface area contributed by atoms with Crippen LogP contribution in [-0.4, -0.2) is 54.9 Å². The molecule has 1 heterocycles. The van der Waals surface area contributed by atoms with Gasteiger partial charge in [0.1, 0.15) is 6.54 Å². The van der Waals surface area contributed by atoms with Crippen LogP contribution in [0.4, 0.5) is 10.1 Å². The second kappa shape index (κ2) is 9.03. The van der Waals surface area contributed by atoms with Crippen LogP contribution >= 0.6 is 0 Å². The summed E-state index contributed by atoms with van der Waals surface area (Å²) in [5, 5.41) is 10.1. The Labute approximate surface area is 146 Å². The van der Waals surface area contributed by atoms with Gasteiger partial charge in [-0.25, -0.2) is 4.39 Å². The Hall–Kier alpha value is -2.61. The number of anilines is 1. The van der Waals surface area contributed by atoms with Crippen LogP contribution in [0.2, 0.25) is 0 Å². The highest BCUT2D eigenvalue weighted by molar-refractivity contribution is 5.75. The molecule has 2 rings (SSSR count). The fraction of sp³-hybridized carbons (Fsp3) is 0.412. The van der Waals surface area contributed by atoms with Gasteiger partial charge in [-0.15, -0.1) is 0 Å². The topological polar surface area (TPSA) is 71.4 Å². The molecule has 2 aromatic rings. The SMILES string of the molecule is COc1ccc(CNc2cnn(CC(=O)NCCN(C)C)c2)cc1F. The average Bonchev–Trinajstić information content (AvgIpc) is 3.00. The van der Waals surface area contributed by atoms with Crippen molar-refractivity contribution in [2.24, 2.45) is 0 Å². The van der Waals surface area contributed by atoms with Crippen molar-refractivity contribution in [1.29, 1.82) is 0 Å². The fourth-order valence-electron chi connectivity index (χ4n) is 2.19. The van der Waals surface area contributed by atoms with Crippen molar-refractivity contribution in [1.82, 2.24) is 20.0 Å². The van der Waals surface area contributed by atoms with Gasteiger partial charge in [-0.3, -0.25) is 9.48 Å². The van der Waals surface area contributed by atoms with E-state index in [4.69, 9.17) is 4.74 Å². The first kappa shape index (κ1) is 18.7. The van der Waals surface area contributed by atoms with Gasteiger partial charge in [0.25, 0.3) is 0 Å². The van der Waals surface area contributed by atoms with Gasteiger partial charge in [-0.05, 0) is 31.8 Å². The molecule has 25 heavy (non-hydrogen) atoms. The molecule has 0 radical (unpaired) electrons. The quantitative estimate of drug-likeness (QED) is 0.714. The van der Waals surface area contributed by atoms with Crippen LogP contribution in [0.1, 0.15) is 5.56 Å². The van der Waals surface area contributed by atoms with Gasteiger partial charge >= 0.3 is 0 Å². The van der Waals surface area contributed by atoms with Gasteiger partial charge in [-0.2, -0.15) is 5.10 Å². The molecule has 0 unspecified atom stereocenters. The average molecular weight is 349 g/mol. The summed E-state index contributed by atoms with van der Waals surface area (Å²) in [6, 6.07) is 4.81. The number of aromatic nitrogens is 2. The number of hydrogen-bond acceptors (Lipinski definition) is 5. The highest BCUT2D eigenvalue weighted by Gasteiger charge is 2.06. The molecular formula is C17H24FN5O2. The van der Waals surface area contributed by atoms with E-state index in [9.17, 15) is 9.18 Å². The zero-order valence-electron chi connectivity index (χ0n) is 14.8. The number of ether oxygens (including phenoxy) is 1. The number of benzene rings is 1. The summed E-state index contributed by atoms with van der Waals surface area (Å²) in [5.74, 6) is -0.266. The standard InChI is InChI=1S/C17H24FN5O2/c1-22(2)7-6-19-17(24)12-23-11-14(10-21-23)20-9-13-4-5-16(25-3)15(18)8-13/h4-5,8,10-11,20H,6-7,9,12H2,1-3H3,(H,19,24). The molecule has 2 N–H and O–H groups in total. The third-order valence-electron chi connectivity index (χ3n) is 3.53. The molecule has 0 spiro atoms. The van der Waals surface area contributed by atoms with Crippen LogP contribution < -0.4 is 15.4 Å². The van der Waals surface area contributed by atoms with Gasteiger partial charge in [0.15, 0.2) is 11.6 Å². The van der Waals surface area contributed by atoms with E-state index in [0.717, 1.165) is 17.8 Å². The number of carbonyl (C=O) groups excluding carboxylic acids is 1. The van der Waals surface area contributed by atoms with Gasteiger partial charge in [0.2, 0.25) is 5.91 Å². The van der Waals surface area contributed by atoms with E-state index in [2.05, 4.69) is 15.7 Å². The minimum absolute atomic E-state index is 0.0891. The summed E-state index contributed by atoms with van der Waals surface area (Å²) < 4.78 is 20.1. The Bertz CT molecular complexity index is 702. The summed E-state index contributed by atoms with van der Waals surface area (Å²) in [4.78, 5) is 13.8. The van der Waals surface area contributed by atoms with E-state index >= 15 is 0 Å². The predicted molar refractivity (Wildman–Crippen MR) is 94.1 cm³/mol. The molecule has 0 aliphatic rings. The first-order valence-electron chi connectivity index (χ1n) is 7.98. The molecule has 0 saturated carbocycles. The molecule has 0 atom stereocenters. The first-order chi connectivity index (χ1) is 12.0. The Morgan fingerprint density at radius 3 is 2.88 bits per heavy atom. The van der Waals surface area contributed by atoms with E-state index in [1.54, 1.807) is 29.2 Å². The van der Waals surface area contributed by atoms with E-state index in [-0.39, 0.29) is 18.2 Å². The number of amides is 1. The van der Waals surface area contributed by atoms with E-state index in [1.807, 2.05) is 19.0 Å². The smallest absolute Gasteiger partial charge is 0.241 e. The van der Waals surface area contributed by atoms with Crippen LogP contribution in [-0.2, 0) is 17.9 Å². The number of methoxy groups -OCH3 is 1. The number of rotatable bonds is 9. The number of carbonyl (C=O) groups is 1. The second-order valence-electron chi connectivity index (χ2n) is 5.90. The van der Waals surface area contributed by atoms with Crippen molar-refractivity contribution >= 4 is 11.6 Å². The van der Waals surface area contributed by atoms with Crippen LogP contribution in [0.15, 0.2) is 30.6 Å². The van der Waals surface area contributed by atoms with Gasteiger partial charge in [-0.1, -0.05) is 6.07 Å².